The Hall–Kier alpha value is -2.06. The number of pyridine rings is 2. The smallest absolute Gasteiger partial charge is 0.435 e. The Bertz CT molecular complexity index is 872. The molecule has 0 radical (unpaired) electrons. The monoisotopic (exact) mass is 413 g/mol. The van der Waals surface area contributed by atoms with Crippen molar-refractivity contribution in [2.24, 2.45) is 5.92 Å². The van der Waals surface area contributed by atoms with Crippen LogP contribution < -0.4 is 9.64 Å². The molecule has 150 valence electrons. The normalized spacial score (nSPS) is 23.2. The fraction of sp³-hybridized carbons (Fsp3) is 0.474. The maximum absolute atomic E-state index is 13.3. The summed E-state index contributed by atoms with van der Waals surface area (Å²) in [7, 11) is 0. The Kier molecular flexibility index (Phi) is 4.87. The largest absolute Gasteiger partial charge is 0.493 e. The third-order valence-electron chi connectivity index (χ3n) is 5.60. The number of fused-ring (bicyclic) bond motifs is 1. The fourth-order valence-corrected chi connectivity index (χ4v) is 4.35. The van der Waals surface area contributed by atoms with Crippen LogP contribution in [0.1, 0.15) is 30.5 Å². The summed E-state index contributed by atoms with van der Waals surface area (Å²) in [6.45, 7) is 1.13. The molecule has 0 aliphatic carbocycles. The van der Waals surface area contributed by atoms with Gasteiger partial charge in [-0.05, 0) is 30.9 Å². The summed E-state index contributed by atoms with van der Waals surface area (Å²) in [5, 5.41) is 11.5. The molecule has 1 fully saturated rings. The molecule has 28 heavy (non-hydrogen) atoms. The van der Waals surface area contributed by atoms with E-state index in [1.165, 1.54) is 6.07 Å². The van der Waals surface area contributed by atoms with E-state index in [4.69, 9.17) is 16.3 Å². The Morgan fingerprint density at radius 3 is 2.71 bits per heavy atom. The number of nitrogens with zero attached hydrogens (tertiary/aromatic N) is 3. The van der Waals surface area contributed by atoms with Gasteiger partial charge in [0.05, 0.1) is 17.3 Å². The van der Waals surface area contributed by atoms with E-state index in [2.05, 4.69) is 9.97 Å². The van der Waals surface area contributed by atoms with Gasteiger partial charge in [0.2, 0.25) is 0 Å². The van der Waals surface area contributed by atoms with E-state index >= 15 is 0 Å². The lowest BCUT2D eigenvalue weighted by molar-refractivity contribution is -0.140. The Labute approximate surface area is 165 Å². The summed E-state index contributed by atoms with van der Waals surface area (Å²) in [5.74, 6) is 0.515. The average molecular weight is 414 g/mol. The van der Waals surface area contributed by atoms with E-state index in [0.717, 1.165) is 6.20 Å². The molecule has 0 amide bonds. The summed E-state index contributed by atoms with van der Waals surface area (Å²) >= 11 is 5.90. The minimum atomic E-state index is -4.56. The van der Waals surface area contributed by atoms with Crippen molar-refractivity contribution in [3.8, 4) is 5.75 Å². The number of piperidine rings is 1. The van der Waals surface area contributed by atoms with Crippen molar-refractivity contribution in [2.75, 3.05) is 24.6 Å². The lowest BCUT2D eigenvalue weighted by Crippen LogP contribution is -2.46. The molecule has 9 heteroatoms. The zero-order chi connectivity index (χ0) is 19.9. The maximum atomic E-state index is 13.3. The molecule has 1 atom stereocenters. The van der Waals surface area contributed by atoms with Gasteiger partial charge in [0.1, 0.15) is 11.4 Å². The fourth-order valence-electron chi connectivity index (χ4n) is 4.19. The zero-order valence-electron chi connectivity index (χ0n) is 14.9. The molecule has 5 nitrogen and oxygen atoms in total. The third kappa shape index (κ3) is 3.39. The van der Waals surface area contributed by atoms with E-state index < -0.39 is 17.5 Å². The minimum Gasteiger partial charge on any atom is -0.493 e. The molecule has 2 aromatic rings. The van der Waals surface area contributed by atoms with Gasteiger partial charge in [-0.25, -0.2) is 4.98 Å². The molecular formula is C19H19ClF3N3O2. The van der Waals surface area contributed by atoms with Crippen LogP contribution in [0.3, 0.4) is 0 Å². The van der Waals surface area contributed by atoms with E-state index in [0.29, 0.717) is 50.3 Å². The summed E-state index contributed by atoms with van der Waals surface area (Å²) in [4.78, 5) is 9.25. The van der Waals surface area contributed by atoms with Gasteiger partial charge in [-0.15, -0.1) is 0 Å². The van der Waals surface area contributed by atoms with Crippen LogP contribution in [0.25, 0.3) is 0 Å². The van der Waals surface area contributed by atoms with Crippen LogP contribution in [0.4, 0.5) is 18.9 Å². The highest BCUT2D eigenvalue weighted by Gasteiger charge is 2.45. The van der Waals surface area contributed by atoms with Crippen LogP contribution in [-0.2, 0) is 11.8 Å². The molecule has 2 aliphatic rings. The second-order valence-corrected chi connectivity index (χ2v) is 7.61. The first kappa shape index (κ1) is 19.3. The van der Waals surface area contributed by atoms with Crippen LogP contribution in [0.5, 0.6) is 5.75 Å². The number of aliphatic hydroxyl groups is 1. The third-order valence-corrected chi connectivity index (χ3v) is 5.81. The van der Waals surface area contributed by atoms with Gasteiger partial charge in [0.15, 0.2) is 5.69 Å². The molecule has 2 aliphatic heterocycles. The van der Waals surface area contributed by atoms with Crippen molar-refractivity contribution in [2.45, 2.75) is 31.0 Å². The van der Waals surface area contributed by atoms with Crippen LogP contribution in [0.15, 0.2) is 30.7 Å². The Morgan fingerprint density at radius 2 is 2.00 bits per heavy atom. The molecule has 1 saturated heterocycles. The Balaban J connectivity index is 1.56. The minimum absolute atomic E-state index is 0.0144. The predicted octanol–water partition coefficient (Wildman–Crippen LogP) is 4.04. The first-order valence-electron chi connectivity index (χ1n) is 9.06. The summed E-state index contributed by atoms with van der Waals surface area (Å²) in [6.07, 6.45) is 1.18. The molecule has 0 spiro atoms. The van der Waals surface area contributed by atoms with Crippen LogP contribution in [0, 0.1) is 5.92 Å². The molecular weight excluding hydrogens is 395 g/mol. The number of hydrogen-bond donors (Lipinski definition) is 1. The number of rotatable bonds is 2. The first-order valence-corrected chi connectivity index (χ1v) is 9.44. The molecule has 0 bridgehead atoms. The highest BCUT2D eigenvalue weighted by molar-refractivity contribution is 6.30. The van der Waals surface area contributed by atoms with Gasteiger partial charge in [0, 0.05) is 43.7 Å². The van der Waals surface area contributed by atoms with Crippen LogP contribution in [-0.4, -0.2) is 34.8 Å². The molecule has 1 unspecified atom stereocenters. The Morgan fingerprint density at radius 1 is 1.25 bits per heavy atom. The number of ether oxygens (including phenoxy) is 1. The zero-order valence-corrected chi connectivity index (χ0v) is 15.7. The number of alkyl halides is 3. The van der Waals surface area contributed by atoms with Crippen molar-refractivity contribution in [3.05, 3.63) is 47.0 Å². The highest BCUT2D eigenvalue weighted by Crippen LogP contribution is 2.46. The summed E-state index contributed by atoms with van der Waals surface area (Å²) < 4.78 is 45.6. The van der Waals surface area contributed by atoms with E-state index in [1.807, 2.05) is 0 Å². The second-order valence-electron chi connectivity index (χ2n) is 7.17. The van der Waals surface area contributed by atoms with Crippen molar-refractivity contribution in [1.29, 1.82) is 0 Å². The number of halogens is 4. The lowest BCUT2D eigenvalue weighted by atomic mass is 9.73. The van der Waals surface area contributed by atoms with Crippen LogP contribution in [0.2, 0.25) is 5.02 Å². The topological polar surface area (TPSA) is 58.5 Å². The SMILES string of the molecule is OC1(C2CCN(c3cc(Cl)cnc3C(F)(F)F)CC2)CCOc2ccncc21. The van der Waals surface area contributed by atoms with Gasteiger partial charge < -0.3 is 14.7 Å². The molecule has 1 N–H and O–H groups in total. The molecule has 0 aromatic carbocycles. The van der Waals surface area contributed by atoms with E-state index in [1.54, 1.807) is 23.4 Å². The molecule has 4 rings (SSSR count). The summed E-state index contributed by atoms with van der Waals surface area (Å²) in [5.41, 5.74) is -1.39. The molecule has 0 saturated carbocycles. The predicted molar refractivity (Wildman–Crippen MR) is 97.4 cm³/mol. The summed E-state index contributed by atoms with van der Waals surface area (Å²) in [6, 6.07) is 3.03. The van der Waals surface area contributed by atoms with Crippen LogP contribution >= 0.6 is 11.6 Å². The van der Waals surface area contributed by atoms with Gasteiger partial charge in [-0.1, -0.05) is 11.6 Å². The van der Waals surface area contributed by atoms with Crippen molar-refractivity contribution in [3.63, 3.8) is 0 Å². The number of hydrogen-bond acceptors (Lipinski definition) is 5. The van der Waals surface area contributed by atoms with Gasteiger partial charge >= 0.3 is 6.18 Å². The second kappa shape index (κ2) is 7.08. The first-order chi connectivity index (χ1) is 13.3. The highest BCUT2D eigenvalue weighted by atomic mass is 35.5. The van der Waals surface area contributed by atoms with Crippen molar-refractivity contribution < 1.29 is 23.0 Å². The lowest BCUT2D eigenvalue weighted by Gasteiger charge is -2.44. The van der Waals surface area contributed by atoms with Gasteiger partial charge in [-0.3, -0.25) is 4.98 Å². The van der Waals surface area contributed by atoms with Crippen molar-refractivity contribution in [1.82, 2.24) is 9.97 Å². The standard InChI is InChI=1S/C19H19ClF3N3O2/c20-13-9-15(17(25-10-13)19(21,22)23)26-6-2-12(3-7-26)18(27)4-8-28-16-1-5-24-11-14(16)18/h1,5,9-12,27H,2-4,6-8H2. The van der Waals surface area contributed by atoms with Gasteiger partial charge in [-0.2, -0.15) is 13.2 Å². The average Bonchev–Trinajstić information content (AvgIpc) is 2.67. The van der Waals surface area contributed by atoms with Crippen molar-refractivity contribution >= 4 is 17.3 Å². The number of aromatic nitrogens is 2. The quantitative estimate of drug-likeness (QED) is 0.805. The number of anilines is 1. The maximum Gasteiger partial charge on any atom is 0.435 e. The van der Waals surface area contributed by atoms with Gasteiger partial charge in [0.25, 0.3) is 0 Å². The van der Waals surface area contributed by atoms with E-state index in [9.17, 15) is 18.3 Å². The molecule has 2 aromatic heterocycles. The van der Waals surface area contributed by atoms with E-state index in [-0.39, 0.29) is 16.6 Å². The molecule has 4 heterocycles.